The van der Waals surface area contributed by atoms with Gasteiger partial charge in [0.25, 0.3) is 5.91 Å². The summed E-state index contributed by atoms with van der Waals surface area (Å²) in [5.74, 6) is -4.60. The fourth-order valence-corrected chi connectivity index (χ4v) is 14.8. The van der Waals surface area contributed by atoms with E-state index in [0.717, 1.165) is 45.4 Å². The maximum absolute atomic E-state index is 17.0. The quantitative estimate of drug-likeness (QED) is 0.00502. The summed E-state index contributed by atoms with van der Waals surface area (Å²) in [6.07, 6.45) is -13.8. The molecule has 3 fully saturated rings. The van der Waals surface area contributed by atoms with Gasteiger partial charge >= 0.3 is 56.8 Å². The Morgan fingerprint density at radius 1 is 0.680 bits per heavy atom. The molecule has 0 radical (unpaired) electrons. The van der Waals surface area contributed by atoms with E-state index in [-0.39, 0.29) is 52.6 Å². The predicted octanol–water partition coefficient (Wildman–Crippen LogP) is 11.0. The molecule has 0 spiro atoms. The second kappa shape index (κ2) is 39.5. The maximum Gasteiger partial charge on any atom is 0.524 e. The number of ether oxygens (including phenoxy) is 6. The summed E-state index contributed by atoms with van der Waals surface area (Å²) in [4.78, 5) is 147. The molecule has 5 aromatic rings. The molecule has 6 atom stereocenters. The molecule has 2 bridgehead atoms. The van der Waals surface area contributed by atoms with Gasteiger partial charge < -0.3 is 59.1 Å². The normalized spacial score (nSPS) is 16.6. The molecule has 0 aliphatic carbocycles. The van der Waals surface area contributed by atoms with Crippen LogP contribution in [-0.2, 0) is 86.6 Å². The first-order valence-electron chi connectivity index (χ1n) is 38.9. The van der Waals surface area contributed by atoms with Gasteiger partial charge in [-0.15, -0.1) is 0 Å². The Hall–Kier alpha value is -10.2. The number of anilines is 1. The lowest BCUT2D eigenvalue weighted by Crippen LogP contribution is -2.64. The summed E-state index contributed by atoms with van der Waals surface area (Å²) in [5, 5.41) is 12.9. The number of alkyl carbamates (subject to hydrolysis) is 2. The van der Waals surface area contributed by atoms with Crippen molar-refractivity contribution in [1.29, 1.82) is 0 Å². The number of fused-ring (bicyclic) bond motifs is 2. The first-order chi connectivity index (χ1) is 56.5. The molecule has 3 aliphatic heterocycles. The van der Waals surface area contributed by atoms with E-state index in [1.165, 1.54) is 63.5 Å². The molecule has 7 N–H and O–H groups in total. The molecule has 3 saturated heterocycles. The Bertz CT molecular complexity index is 4620. The van der Waals surface area contributed by atoms with Gasteiger partial charge in [0.2, 0.25) is 17.8 Å². The van der Waals surface area contributed by atoms with E-state index in [2.05, 4.69) is 62.2 Å². The summed E-state index contributed by atoms with van der Waals surface area (Å²) in [6.45, 7) is 12.5. The van der Waals surface area contributed by atoms with Crippen molar-refractivity contribution in [3.63, 3.8) is 0 Å². The number of rotatable bonds is 34. The predicted molar refractivity (Wildman–Crippen MR) is 418 cm³/mol. The number of hydrogen-bond acceptors (Lipinski definition) is 22. The zero-order valence-electron chi connectivity index (χ0n) is 70.0. The molecule has 5 heterocycles. The summed E-state index contributed by atoms with van der Waals surface area (Å²) < 4.78 is 204. The molecular formula is C81H103F10N12O18P. The average molecular weight is 1750 g/mol. The van der Waals surface area contributed by atoms with Crippen molar-refractivity contribution in [3.8, 4) is 28.8 Å². The van der Waals surface area contributed by atoms with Crippen LogP contribution >= 0.6 is 7.82 Å². The molecule has 122 heavy (non-hydrogen) atoms. The second-order valence-corrected chi connectivity index (χ2v) is 35.1. The minimum absolute atomic E-state index is 0.0758. The van der Waals surface area contributed by atoms with E-state index in [9.17, 15) is 51.9 Å². The lowest BCUT2D eigenvalue weighted by molar-refractivity contribution is -0.221. The van der Waals surface area contributed by atoms with Crippen LogP contribution in [0.15, 0.2) is 73.2 Å². The number of hydrazine groups is 1. The Labute approximate surface area is 698 Å². The van der Waals surface area contributed by atoms with Crippen molar-refractivity contribution >= 4 is 61.6 Å². The van der Waals surface area contributed by atoms with E-state index in [1.807, 2.05) is 5.32 Å². The minimum atomic E-state index is -5.65. The Balaban J connectivity index is 1.27. The van der Waals surface area contributed by atoms with Crippen molar-refractivity contribution in [3.05, 3.63) is 124 Å². The van der Waals surface area contributed by atoms with Crippen LogP contribution in [0.25, 0.3) is 11.3 Å². The number of halogens is 10. The van der Waals surface area contributed by atoms with Gasteiger partial charge in [0.15, 0.2) is 0 Å². The van der Waals surface area contributed by atoms with Crippen LogP contribution in [0.2, 0.25) is 0 Å². The van der Waals surface area contributed by atoms with E-state index in [0.29, 0.717) is 106 Å². The minimum Gasteiger partial charge on any atom is -0.460 e. The van der Waals surface area contributed by atoms with Crippen LogP contribution in [0.3, 0.4) is 0 Å². The first-order valence-corrected chi connectivity index (χ1v) is 40.4. The number of amides is 5. The molecule has 0 saturated carbocycles. The number of phosphoric ester groups is 1. The standard InChI is InChI=1S/C81H103F10N12O18P/c1-45-30-50(35-62(104)94-51(22-26-63(105)119-75(2,3)4)23-27-64(106)120-76(5,6)7)66(60(31-45)121-122(112,113)114)77(8,9)36-65(107)118-61(42-101(99-70(109)68(97-74(111)116-15)79(12,13)81(89,90)91)41-55-56(82)33-49(34-57(55)83)58-28-29-102(98-58)71(84)85)59(95-69(108)67(96-73(110)115-14)78(10,11)80(86,87)88)32-47-19-16-46(17-20-47)18-21-48-37-92-72(93-38-48)100-39-52-24-25-53(40-100)103(52)54-43-117-44-54/h16-17,19-20,28-31,33-34,37-38,51-54,59,61,67-68,71H,22-27,32,35-36,39-44H2,1-15H3,(H,94,104)(H,95,108)(H,96,110)(H,97,111)(H,99,109)(H2,112,113,114)/t52?,53?,59-,61-,67+,68+/m0/s1. The molecular weight excluding hydrogens is 1650 g/mol. The third kappa shape index (κ3) is 26.7. The van der Waals surface area contributed by atoms with Crippen LogP contribution < -0.4 is 36.1 Å². The van der Waals surface area contributed by atoms with Crippen LogP contribution in [0.5, 0.6) is 5.75 Å². The number of carbonyl (C=O) groups is 8. The molecule has 3 aliphatic rings. The fraction of sp³-hybridized carbons (Fsp3) is 0.568. The SMILES string of the molecule is COC(=O)N[C@H](C(=O)N[C@@H](Cc1ccc(C#Cc2cnc(N3CC4CCC(C3)N4C3COC3)nc2)cc1)[C@H](CN(Cc1c(F)cc(-c2ccn(C(F)F)n2)cc1F)NC(=O)[C@@H](NC(=O)OC)C(C)(C)C(F)(F)F)OC(=O)CC(C)(C)c1c(CC(=O)NC(CCC(=O)OC(C)(C)C)CCC(=O)OC(C)(C)C)cc(C)cc1OP(=O)(O)O)C(C)(C)C(F)(F)F. The van der Waals surface area contributed by atoms with Gasteiger partial charge in [0.1, 0.15) is 46.8 Å². The number of aryl methyl sites for hydroxylation is 1. The van der Waals surface area contributed by atoms with Gasteiger partial charge in [-0.05, 0) is 161 Å². The third-order valence-electron chi connectivity index (χ3n) is 20.7. The van der Waals surface area contributed by atoms with Gasteiger partial charge in [0.05, 0.1) is 81.0 Å². The van der Waals surface area contributed by atoms with Crippen molar-refractivity contribution in [2.45, 2.75) is 238 Å². The monoisotopic (exact) mass is 1750 g/mol. The molecule has 8 rings (SSSR count). The molecule has 5 amide bonds. The summed E-state index contributed by atoms with van der Waals surface area (Å²) >= 11 is 0. The van der Waals surface area contributed by atoms with Crippen LogP contribution in [0.1, 0.15) is 174 Å². The Morgan fingerprint density at radius 3 is 1.68 bits per heavy atom. The highest BCUT2D eigenvalue weighted by Crippen LogP contribution is 2.47. The smallest absolute Gasteiger partial charge is 0.460 e. The highest BCUT2D eigenvalue weighted by atomic mass is 31.2. The van der Waals surface area contributed by atoms with Gasteiger partial charge in [-0.25, -0.2) is 42.6 Å². The number of nitrogens with one attached hydrogen (secondary N) is 5. The number of hydrogen-bond donors (Lipinski definition) is 7. The van der Waals surface area contributed by atoms with Crippen molar-refractivity contribution in [2.75, 3.05) is 52.0 Å². The first kappa shape index (κ1) is 97.2. The van der Waals surface area contributed by atoms with Crippen molar-refractivity contribution < 1.29 is 130 Å². The van der Waals surface area contributed by atoms with Crippen LogP contribution in [-0.4, -0.2) is 206 Å². The zero-order valence-corrected chi connectivity index (χ0v) is 70.9. The largest absolute Gasteiger partial charge is 0.524 e. The maximum atomic E-state index is 17.0. The topological polar surface area (TPSA) is 372 Å². The number of nitrogens with zero attached hydrogens (tertiary/aromatic N) is 7. The van der Waals surface area contributed by atoms with E-state index >= 15 is 44.7 Å². The number of alkyl halides is 8. The van der Waals surface area contributed by atoms with Gasteiger partial charge in [-0.2, -0.15) is 40.2 Å². The number of aromatic nitrogens is 4. The van der Waals surface area contributed by atoms with Crippen LogP contribution in [0.4, 0.5) is 59.4 Å². The van der Waals surface area contributed by atoms with Gasteiger partial charge in [-0.1, -0.05) is 43.9 Å². The second-order valence-electron chi connectivity index (χ2n) is 33.9. The summed E-state index contributed by atoms with van der Waals surface area (Å²) in [5.41, 5.74) is -9.81. The van der Waals surface area contributed by atoms with Gasteiger partial charge in [-0.3, -0.25) is 48.9 Å². The van der Waals surface area contributed by atoms with Crippen molar-refractivity contribution in [2.24, 2.45) is 10.8 Å². The molecule has 3 aromatic carbocycles. The Morgan fingerprint density at radius 2 is 1.20 bits per heavy atom. The number of esters is 3. The molecule has 2 unspecified atom stereocenters. The number of piperazine rings is 1. The highest BCUT2D eigenvalue weighted by molar-refractivity contribution is 7.46. The molecule has 2 aromatic heterocycles. The molecule has 670 valence electrons. The van der Waals surface area contributed by atoms with Crippen LogP contribution in [0, 0.1) is 41.2 Å². The fourth-order valence-electron chi connectivity index (χ4n) is 14.4. The average Bonchev–Trinajstić information content (AvgIpc) is 1.45. The summed E-state index contributed by atoms with van der Waals surface area (Å²) in [7, 11) is -4.17. The Kier molecular flexibility index (Phi) is 31.5. The number of phosphoric acid groups is 1. The lowest BCUT2D eigenvalue weighted by atomic mass is 9.77. The number of carbonyl (C=O) groups excluding carboxylic acids is 8. The van der Waals surface area contributed by atoms with Crippen molar-refractivity contribution in [1.82, 2.24) is 56.4 Å². The molecule has 41 heteroatoms. The lowest BCUT2D eigenvalue weighted by Gasteiger charge is -2.47. The number of benzene rings is 3. The highest BCUT2D eigenvalue weighted by Gasteiger charge is 2.58. The summed E-state index contributed by atoms with van der Waals surface area (Å²) in [6, 6.07) is 2.68. The number of methoxy groups -OCH3 is 2. The third-order valence-corrected chi connectivity index (χ3v) is 21.1. The zero-order chi connectivity index (χ0) is 90.7. The van der Waals surface area contributed by atoms with E-state index < -0.39 is 199 Å². The molecule has 30 nitrogen and oxygen atoms in total. The van der Waals surface area contributed by atoms with Gasteiger partial charge in [0, 0.05) is 96.9 Å². The van der Waals surface area contributed by atoms with E-state index in [4.69, 9.17) is 23.5 Å². The van der Waals surface area contributed by atoms with E-state index in [1.54, 1.807) is 46.9 Å².